The summed E-state index contributed by atoms with van der Waals surface area (Å²) in [5.41, 5.74) is 3.50. The summed E-state index contributed by atoms with van der Waals surface area (Å²) in [5, 5.41) is 14.2. The monoisotopic (exact) mass is 317 g/mol. The zero-order valence-electron chi connectivity index (χ0n) is 13.2. The van der Waals surface area contributed by atoms with Gasteiger partial charge in [0.15, 0.2) is 0 Å². The largest absolute Gasteiger partial charge is 0.387 e. The Labute approximate surface area is 138 Å². The topological polar surface area (TPSA) is 32.3 Å². The Morgan fingerprint density at radius 2 is 1.86 bits per heavy atom. The Hall–Kier alpha value is -1.35. The molecule has 0 saturated heterocycles. The fraction of sp³-hybridized carbons (Fsp3) is 0.368. The van der Waals surface area contributed by atoms with Crippen LogP contribution in [-0.2, 0) is 6.42 Å². The van der Waals surface area contributed by atoms with Crippen molar-refractivity contribution in [2.45, 2.75) is 38.8 Å². The summed E-state index contributed by atoms with van der Waals surface area (Å²) in [6.07, 6.45) is 1.56. The molecule has 2 unspecified atom stereocenters. The number of benzene rings is 2. The summed E-state index contributed by atoms with van der Waals surface area (Å²) < 4.78 is 0. The third kappa shape index (κ3) is 5.45. The van der Waals surface area contributed by atoms with E-state index < -0.39 is 6.10 Å². The van der Waals surface area contributed by atoms with E-state index in [2.05, 4.69) is 43.4 Å². The van der Waals surface area contributed by atoms with Crippen LogP contribution >= 0.6 is 11.6 Å². The highest BCUT2D eigenvalue weighted by Gasteiger charge is 2.10. The van der Waals surface area contributed by atoms with E-state index in [-0.39, 0.29) is 0 Å². The fourth-order valence-corrected chi connectivity index (χ4v) is 2.58. The third-order valence-electron chi connectivity index (χ3n) is 3.88. The van der Waals surface area contributed by atoms with Gasteiger partial charge in [-0.3, -0.25) is 0 Å². The molecule has 0 spiro atoms. The zero-order valence-corrected chi connectivity index (χ0v) is 14.0. The number of hydrogen-bond acceptors (Lipinski definition) is 2. The van der Waals surface area contributed by atoms with Gasteiger partial charge in [0, 0.05) is 17.6 Å². The van der Waals surface area contributed by atoms with E-state index in [4.69, 9.17) is 11.6 Å². The number of aliphatic hydroxyl groups excluding tert-OH is 1. The van der Waals surface area contributed by atoms with Crippen molar-refractivity contribution in [2.24, 2.45) is 0 Å². The van der Waals surface area contributed by atoms with Gasteiger partial charge >= 0.3 is 0 Å². The Kier molecular flexibility index (Phi) is 6.44. The summed E-state index contributed by atoms with van der Waals surface area (Å²) in [5.74, 6) is 0. The second-order valence-corrected chi connectivity index (χ2v) is 6.34. The summed E-state index contributed by atoms with van der Waals surface area (Å²) in [6.45, 7) is 4.79. The predicted octanol–water partition coefficient (Wildman–Crippen LogP) is 4.29. The first kappa shape index (κ1) is 17.0. The molecule has 0 heterocycles. The Balaban J connectivity index is 1.75. The summed E-state index contributed by atoms with van der Waals surface area (Å²) in [4.78, 5) is 0. The summed E-state index contributed by atoms with van der Waals surface area (Å²) in [7, 11) is 0. The number of aliphatic hydroxyl groups is 1. The maximum Gasteiger partial charge on any atom is 0.0914 e. The molecule has 0 radical (unpaired) electrons. The minimum atomic E-state index is -0.527. The molecule has 2 rings (SSSR count). The standard InChI is InChI=1S/C19H24ClNO/c1-14-6-9-16(10-7-14)11-8-15(2)21-13-19(22)17-4-3-5-18(20)12-17/h3-7,9-10,12,15,19,21-22H,8,11,13H2,1-2H3. The summed E-state index contributed by atoms with van der Waals surface area (Å²) >= 11 is 5.95. The molecule has 2 atom stereocenters. The molecule has 0 aliphatic carbocycles. The van der Waals surface area contributed by atoms with Crippen LogP contribution in [0.1, 0.15) is 36.1 Å². The Morgan fingerprint density at radius 1 is 1.14 bits per heavy atom. The van der Waals surface area contributed by atoms with Crippen molar-refractivity contribution in [2.75, 3.05) is 6.54 Å². The van der Waals surface area contributed by atoms with Crippen LogP contribution in [0, 0.1) is 6.92 Å². The molecule has 0 bridgehead atoms. The maximum absolute atomic E-state index is 10.2. The van der Waals surface area contributed by atoms with E-state index in [1.807, 2.05) is 24.3 Å². The van der Waals surface area contributed by atoms with Crippen LogP contribution in [0.5, 0.6) is 0 Å². The van der Waals surface area contributed by atoms with E-state index in [0.717, 1.165) is 18.4 Å². The summed E-state index contributed by atoms with van der Waals surface area (Å²) in [6, 6.07) is 16.4. The molecule has 0 amide bonds. The van der Waals surface area contributed by atoms with Gasteiger partial charge in [-0.25, -0.2) is 0 Å². The lowest BCUT2D eigenvalue weighted by atomic mass is 10.0. The third-order valence-corrected chi connectivity index (χ3v) is 4.11. The van der Waals surface area contributed by atoms with E-state index >= 15 is 0 Å². The molecule has 118 valence electrons. The lowest BCUT2D eigenvalue weighted by Gasteiger charge is -2.17. The van der Waals surface area contributed by atoms with E-state index in [9.17, 15) is 5.11 Å². The number of halogens is 1. The predicted molar refractivity (Wildman–Crippen MR) is 93.4 cm³/mol. The highest BCUT2D eigenvalue weighted by atomic mass is 35.5. The first-order chi connectivity index (χ1) is 10.5. The molecular formula is C19H24ClNO. The highest BCUT2D eigenvalue weighted by molar-refractivity contribution is 6.30. The molecule has 0 aliphatic rings. The van der Waals surface area contributed by atoms with Gasteiger partial charge in [0.1, 0.15) is 0 Å². The van der Waals surface area contributed by atoms with E-state index in [1.165, 1.54) is 11.1 Å². The van der Waals surface area contributed by atoms with Crippen LogP contribution in [0.3, 0.4) is 0 Å². The van der Waals surface area contributed by atoms with E-state index in [1.54, 1.807) is 0 Å². The van der Waals surface area contributed by atoms with Crippen LogP contribution in [-0.4, -0.2) is 17.7 Å². The Bertz CT molecular complexity index is 582. The van der Waals surface area contributed by atoms with Crippen molar-refractivity contribution >= 4 is 11.6 Å². The van der Waals surface area contributed by atoms with Crippen LogP contribution < -0.4 is 5.32 Å². The van der Waals surface area contributed by atoms with Gasteiger partial charge in [0.2, 0.25) is 0 Å². The van der Waals surface area contributed by atoms with Crippen molar-refractivity contribution in [1.29, 1.82) is 0 Å². The molecule has 22 heavy (non-hydrogen) atoms. The normalized spacial score (nSPS) is 13.8. The van der Waals surface area contributed by atoms with Gasteiger partial charge < -0.3 is 10.4 Å². The lowest BCUT2D eigenvalue weighted by Crippen LogP contribution is -2.30. The molecule has 0 aliphatic heterocycles. The average Bonchev–Trinajstić information content (AvgIpc) is 2.52. The van der Waals surface area contributed by atoms with Crippen LogP contribution in [0.2, 0.25) is 5.02 Å². The quantitative estimate of drug-likeness (QED) is 0.798. The van der Waals surface area contributed by atoms with Gasteiger partial charge in [0.25, 0.3) is 0 Å². The van der Waals surface area contributed by atoms with Gasteiger partial charge in [-0.05, 0) is 49.9 Å². The highest BCUT2D eigenvalue weighted by Crippen LogP contribution is 2.17. The molecule has 2 nitrogen and oxygen atoms in total. The van der Waals surface area contributed by atoms with Crippen molar-refractivity contribution in [3.8, 4) is 0 Å². The van der Waals surface area contributed by atoms with Crippen molar-refractivity contribution < 1.29 is 5.11 Å². The van der Waals surface area contributed by atoms with Gasteiger partial charge in [-0.15, -0.1) is 0 Å². The SMILES string of the molecule is Cc1ccc(CCC(C)NCC(O)c2cccc(Cl)c2)cc1. The van der Waals surface area contributed by atoms with E-state index in [0.29, 0.717) is 17.6 Å². The number of aryl methyl sites for hydroxylation is 2. The van der Waals surface area contributed by atoms with Crippen LogP contribution in [0.15, 0.2) is 48.5 Å². The van der Waals surface area contributed by atoms with Crippen molar-refractivity contribution in [3.63, 3.8) is 0 Å². The zero-order chi connectivity index (χ0) is 15.9. The first-order valence-corrected chi connectivity index (χ1v) is 8.15. The van der Waals surface area contributed by atoms with Gasteiger partial charge in [0.05, 0.1) is 6.10 Å². The number of hydrogen-bond donors (Lipinski definition) is 2. The second-order valence-electron chi connectivity index (χ2n) is 5.90. The molecule has 0 aromatic heterocycles. The molecule has 3 heteroatoms. The lowest BCUT2D eigenvalue weighted by molar-refractivity contribution is 0.170. The fourth-order valence-electron chi connectivity index (χ4n) is 2.38. The van der Waals surface area contributed by atoms with Crippen LogP contribution in [0.4, 0.5) is 0 Å². The molecular weight excluding hydrogens is 294 g/mol. The Morgan fingerprint density at radius 3 is 2.55 bits per heavy atom. The molecule has 2 N–H and O–H groups in total. The molecule has 2 aromatic rings. The maximum atomic E-state index is 10.2. The molecule has 2 aromatic carbocycles. The number of nitrogens with one attached hydrogen (secondary N) is 1. The molecule has 0 fully saturated rings. The van der Waals surface area contributed by atoms with Gasteiger partial charge in [-0.2, -0.15) is 0 Å². The second kappa shape index (κ2) is 8.33. The molecule has 0 saturated carbocycles. The minimum Gasteiger partial charge on any atom is -0.387 e. The first-order valence-electron chi connectivity index (χ1n) is 7.77. The van der Waals surface area contributed by atoms with Crippen LogP contribution in [0.25, 0.3) is 0 Å². The van der Waals surface area contributed by atoms with Crippen molar-refractivity contribution in [3.05, 3.63) is 70.2 Å². The average molecular weight is 318 g/mol. The van der Waals surface area contributed by atoms with Gasteiger partial charge in [-0.1, -0.05) is 53.6 Å². The smallest absolute Gasteiger partial charge is 0.0914 e. The minimum absolute atomic E-state index is 0.357. The number of rotatable bonds is 7. The van der Waals surface area contributed by atoms with Crippen molar-refractivity contribution in [1.82, 2.24) is 5.32 Å².